The Kier molecular flexibility index (Phi) is 3.28. The second-order valence-electron chi connectivity index (χ2n) is 7.04. The maximum Gasteiger partial charge on any atom is 0.211 e. The molecule has 2 aliphatic carbocycles. The fourth-order valence-corrected chi connectivity index (χ4v) is 5.24. The number of phenolic OH excluding ortho intramolecular Hbond substituents is 1. The quantitative estimate of drug-likeness (QED) is 0.326. The van der Waals surface area contributed by atoms with E-state index in [9.17, 15) is 10.2 Å². The molecule has 0 aromatic heterocycles. The predicted octanol–water partition coefficient (Wildman–Crippen LogP) is 1.31. The van der Waals surface area contributed by atoms with Crippen LogP contribution in [0.25, 0.3) is 0 Å². The Balaban J connectivity index is 0.000000455. The zero-order valence-corrected chi connectivity index (χ0v) is 13.4. The molecule has 1 aromatic rings. The second-order valence-corrected chi connectivity index (χ2v) is 7.04. The molecule has 0 amide bonds. The molecule has 0 radical (unpaired) electrons. The average Bonchev–Trinajstić information content (AvgIpc) is 2.91. The van der Waals surface area contributed by atoms with Crippen LogP contribution in [0.2, 0.25) is 0 Å². The van der Waals surface area contributed by atoms with Crippen LogP contribution in [0.15, 0.2) is 24.3 Å². The first-order valence-corrected chi connectivity index (χ1v) is 8.16. The molecule has 7 heteroatoms. The molecule has 7 nitrogen and oxygen atoms in total. The Morgan fingerprint density at radius 1 is 1.33 bits per heavy atom. The van der Waals surface area contributed by atoms with Gasteiger partial charge in [0.05, 0.1) is 0 Å². The first-order valence-electron chi connectivity index (χ1n) is 8.16. The molecular formula is C17H21N4O3+. The van der Waals surface area contributed by atoms with Crippen molar-refractivity contribution < 1.29 is 14.9 Å². The van der Waals surface area contributed by atoms with Gasteiger partial charge in [0.15, 0.2) is 11.5 Å². The fourth-order valence-electron chi connectivity index (χ4n) is 5.24. The second kappa shape index (κ2) is 5.14. The summed E-state index contributed by atoms with van der Waals surface area (Å²) in [5, 5.41) is 20.6. The van der Waals surface area contributed by atoms with Crippen molar-refractivity contribution in [1.82, 2.24) is 9.81 Å². The van der Waals surface area contributed by atoms with E-state index in [-0.39, 0.29) is 17.3 Å². The first-order chi connectivity index (χ1) is 11.5. The zero-order valence-electron chi connectivity index (χ0n) is 13.4. The van der Waals surface area contributed by atoms with E-state index in [1.807, 2.05) is 17.1 Å². The molecule has 0 unspecified atom stereocenters. The van der Waals surface area contributed by atoms with E-state index in [0.717, 1.165) is 19.4 Å². The largest absolute Gasteiger partial charge is 0.504 e. The minimum Gasteiger partial charge on any atom is -0.504 e. The summed E-state index contributed by atoms with van der Waals surface area (Å²) in [7, 11) is 2.19. The number of aliphatic hydroxyl groups excluding tert-OH is 1. The number of aliphatic hydroxyl groups is 1. The van der Waals surface area contributed by atoms with E-state index in [0.29, 0.717) is 17.7 Å². The highest BCUT2D eigenvalue weighted by molar-refractivity contribution is 5.61. The highest BCUT2D eigenvalue weighted by Crippen LogP contribution is 2.62. The van der Waals surface area contributed by atoms with Gasteiger partial charge in [-0.15, -0.1) is 0 Å². The number of benzene rings is 1. The van der Waals surface area contributed by atoms with Gasteiger partial charge in [-0.3, -0.25) is 0 Å². The molecule has 1 fully saturated rings. The molecular weight excluding hydrogens is 308 g/mol. The third kappa shape index (κ3) is 1.72. The number of nitrogens with zero attached hydrogens (tertiary/aromatic N) is 2. The Bertz CT molecular complexity index is 758. The highest BCUT2D eigenvalue weighted by Gasteiger charge is 2.64. The summed E-state index contributed by atoms with van der Waals surface area (Å²) in [6, 6.07) is 4.23. The SMILES string of the molecule is CN1CC[C@]23c4c5ccc(O)c4O[C@H]2[C@@H](O)C=C[C@H]3[C@H]1C5.N=[N+]=N. The summed E-state index contributed by atoms with van der Waals surface area (Å²) in [6.07, 6.45) is 5.18. The maximum atomic E-state index is 10.4. The summed E-state index contributed by atoms with van der Waals surface area (Å²) >= 11 is 0. The van der Waals surface area contributed by atoms with Gasteiger partial charge in [-0.2, -0.15) is 0 Å². The van der Waals surface area contributed by atoms with Crippen LogP contribution in [0.3, 0.4) is 0 Å². The highest BCUT2D eigenvalue weighted by atomic mass is 16.5. The summed E-state index contributed by atoms with van der Waals surface area (Å²) in [6.45, 7) is 1.01. The monoisotopic (exact) mass is 329 g/mol. The molecule has 1 saturated heterocycles. The Morgan fingerprint density at radius 2 is 2.08 bits per heavy atom. The topological polar surface area (TPSA) is 115 Å². The number of hydrogen-bond acceptors (Lipinski definition) is 6. The number of rotatable bonds is 0. The van der Waals surface area contributed by atoms with Crippen molar-refractivity contribution in [2.75, 3.05) is 13.6 Å². The molecule has 1 spiro atoms. The Labute approximate surface area is 139 Å². The van der Waals surface area contributed by atoms with E-state index in [2.05, 4.69) is 18.0 Å². The molecule has 2 aliphatic heterocycles. The predicted molar refractivity (Wildman–Crippen MR) is 85.2 cm³/mol. The van der Waals surface area contributed by atoms with Gasteiger partial charge in [0.25, 0.3) is 0 Å². The molecule has 0 saturated carbocycles. The maximum absolute atomic E-state index is 10.4. The van der Waals surface area contributed by atoms with E-state index in [1.54, 1.807) is 6.07 Å². The van der Waals surface area contributed by atoms with Crippen molar-refractivity contribution in [3.05, 3.63) is 35.4 Å². The molecule has 1 aromatic carbocycles. The lowest BCUT2D eigenvalue weighted by Gasteiger charge is -2.56. The van der Waals surface area contributed by atoms with Crippen LogP contribution in [-0.2, 0) is 11.8 Å². The van der Waals surface area contributed by atoms with Crippen molar-refractivity contribution in [2.24, 2.45) is 5.92 Å². The third-order valence-corrected chi connectivity index (χ3v) is 6.15. The minimum absolute atomic E-state index is 0.160. The molecule has 2 heterocycles. The molecule has 2 bridgehead atoms. The minimum atomic E-state index is -0.594. The number of nitrogens with one attached hydrogen (secondary N) is 2. The lowest BCUT2D eigenvalue weighted by atomic mass is 9.53. The van der Waals surface area contributed by atoms with Gasteiger partial charge in [-0.25, -0.2) is 0 Å². The molecule has 5 atom stereocenters. The summed E-state index contributed by atoms with van der Waals surface area (Å²) in [5.41, 5.74) is 13.3. The van der Waals surface area contributed by atoms with Gasteiger partial charge in [-0.1, -0.05) is 18.2 Å². The van der Waals surface area contributed by atoms with Crippen LogP contribution >= 0.6 is 0 Å². The lowest BCUT2D eigenvalue weighted by molar-refractivity contribution is -0.0453. The normalized spacial score (nSPS) is 37.6. The van der Waals surface area contributed by atoms with E-state index < -0.39 is 6.10 Å². The van der Waals surface area contributed by atoms with Gasteiger partial charge in [0.1, 0.15) is 23.3 Å². The molecule has 5 rings (SSSR count). The van der Waals surface area contributed by atoms with Gasteiger partial charge < -0.3 is 19.8 Å². The van der Waals surface area contributed by atoms with Gasteiger partial charge in [0, 0.05) is 22.9 Å². The fraction of sp³-hybridized carbons (Fsp3) is 0.529. The van der Waals surface area contributed by atoms with Crippen LogP contribution in [0.4, 0.5) is 0 Å². The average molecular weight is 329 g/mol. The first kappa shape index (κ1) is 15.3. The van der Waals surface area contributed by atoms with Gasteiger partial charge >= 0.3 is 0 Å². The Morgan fingerprint density at radius 3 is 2.83 bits per heavy atom. The zero-order chi connectivity index (χ0) is 17.1. The summed E-state index contributed by atoms with van der Waals surface area (Å²) < 4.78 is 6.09. The number of hydrogen-bond donors (Lipinski definition) is 4. The van der Waals surface area contributed by atoms with Crippen LogP contribution in [0, 0.1) is 17.0 Å². The molecule has 24 heavy (non-hydrogen) atoms. The molecule has 126 valence electrons. The number of likely N-dealkylation sites (N-methyl/N-ethyl adjacent to an activating group) is 1. The van der Waals surface area contributed by atoms with E-state index >= 15 is 0 Å². The number of likely N-dealkylation sites (tertiary alicyclic amines) is 1. The lowest BCUT2D eigenvalue weighted by Crippen LogP contribution is -2.64. The molecule has 4 aliphatic rings. The van der Waals surface area contributed by atoms with E-state index in [1.165, 1.54) is 11.1 Å². The van der Waals surface area contributed by atoms with Crippen molar-refractivity contribution in [3.63, 3.8) is 0 Å². The number of aromatic hydroxyl groups is 1. The van der Waals surface area contributed by atoms with Crippen molar-refractivity contribution in [3.8, 4) is 11.5 Å². The van der Waals surface area contributed by atoms with Gasteiger partial charge in [0.2, 0.25) is 4.91 Å². The number of piperidine rings is 1. The van der Waals surface area contributed by atoms with Crippen LogP contribution < -0.4 is 9.65 Å². The van der Waals surface area contributed by atoms with Crippen LogP contribution in [0.1, 0.15) is 17.5 Å². The van der Waals surface area contributed by atoms with Crippen molar-refractivity contribution in [2.45, 2.75) is 36.5 Å². The number of ether oxygens (including phenoxy) is 1. The standard InChI is InChI=1S/C17H19NO3.H2N3/c1-18-7-6-17-10-3-5-13(20)16(17)21-15-12(19)4-2-9(14(15)17)8-11(10)18;1-3-2/h2-5,10-11,13,16,19-20H,6-8H2,1H3;1-2H/q;+1/t10-,11+,13-,16-,17-;/m0./s1. The number of phenols is 1. The smallest absolute Gasteiger partial charge is 0.211 e. The third-order valence-electron chi connectivity index (χ3n) is 6.15. The van der Waals surface area contributed by atoms with Crippen LogP contribution in [0.5, 0.6) is 11.5 Å². The van der Waals surface area contributed by atoms with Crippen molar-refractivity contribution >= 4 is 0 Å². The summed E-state index contributed by atoms with van der Waals surface area (Å²) in [4.78, 5) is 4.43. The van der Waals surface area contributed by atoms with Crippen molar-refractivity contribution in [1.29, 1.82) is 11.1 Å². The Hall–Kier alpha value is -2.21. The van der Waals surface area contributed by atoms with E-state index in [4.69, 9.17) is 15.8 Å². The molecule has 4 N–H and O–H groups in total. The van der Waals surface area contributed by atoms with Gasteiger partial charge in [-0.05, 0) is 38.1 Å². The van der Waals surface area contributed by atoms with Crippen LogP contribution in [-0.4, -0.2) is 47.0 Å². The summed E-state index contributed by atoms with van der Waals surface area (Å²) in [5.74, 6) is 1.19.